The molecule has 0 bridgehead atoms. The monoisotopic (exact) mass is 207 g/mol. The van der Waals surface area contributed by atoms with E-state index in [0.717, 1.165) is 16.0 Å². The molecule has 0 amide bonds. The van der Waals surface area contributed by atoms with E-state index in [1.165, 1.54) is 0 Å². The first-order valence-corrected chi connectivity index (χ1v) is 5.36. The van der Waals surface area contributed by atoms with Crippen molar-refractivity contribution in [3.8, 4) is 5.75 Å². The molecule has 1 fully saturated rings. The van der Waals surface area contributed by atoms with Crippen molar-refractivity contribution < 1.29 is 9.47 Å². The molecule has 0 unspecified atom stereocenters. The van der Waals surface area contributed by atoms with Crippen LogP contribution in [-0.2, 0) is 4.74 Å². The molecule has 3 nitrogen and oxygen atoms in total. The molecule has 1 saturated heterocycles. The fourth-order valence-corrected chi connectivity index (χ4v) is 2.04. The highest BCUT2D eigenvalue weighted by atomic mass is 32.1. The Hall–Kier alpha value is -1.13. The molecular weight excluding hydrogens is 198 g/mol. The number of thiazole rings is 1. The fourth-order valence-electron chi connectivity index (χ4n) is 1.33. The van der Waals surface area contributed by atoms with Crippen molar-refractivity contribution in [1.82, 2.24) is 4.98 Å². The number of aromatic nitrogens is 1. The summed E-state index contributed by atoms with van der Waals surface area (Å²) >= 11 is 1.62. The van der Waals surface area contributed by atoms with E-state index < -0.39 is 0 Å². The van der Waals surface area contributed by atoms with Crippen LogP contribution in [-0.4, -0.2) is 17.4 Å². The molecule has 1 aliphatic heterocycles. The smallest absolute Gasteiger partial charge is 0.226 e. The van der Waals surface area contributed by atoms with Gasteiger partial charge in [0, 0.05) is 0 Å². The van der Waals surface area contributed by atoms with Gasteiger partial charge in [-0.1, -0.05) is 0 Å². The lowest BCUT2D eigenvalue weighted by molar-refractivity contribution is 0.179. The zero-order chi connectivity index (χ0) is 9.54. The molecule has 14 heavy (non-hydrogen) atoms. The van der Waals surface area contributed by atoms with E-state index in [2.05, 4.69) is 4.98 Å². The largest absolute Gasteiger partial charge is 0.462 e. The summed E-state index contributed by atoms with van der Waals surface area (Å²) in [5, 5.41) is 0. The van der Waals surface area contributed by atoms with Gasteiger partial charge in [0.25, 0.3) is 0 Å². The molecule has 1 aliphatic rings. The molecule has 0 aliphatic carbocycles. The number of hydrogen-bond acceptors (Lipinski definition) is 4. The van der Waals surface area contributed by atoms with Gasteiger partial charge in [0.15, 0.2) is 0 Å². The average molecular weight is 207 g/mol. The molecular formula is C10H9NO2S. The van der Waals surface area contributed by atoms with Gasteiger partial charge in [-0.05, 0) is 25.1 Å². The lowest BCUT2D eigenvalue weighted by Crippen LogP contribution is -2.00. The van der Waals surface area contributed by atoms with Crippen LogP contribution >= 0.6 is 11.3 Å². The van der Waals surface area contributed by atoms with Crippen molar-refractivity contribution in [2.24, 2.45) is 0 Å². The summed E-state index contributed by atoms with van der Waals surface area (Å²) in [6.45, 7) is 2.00. The van der Waals surface area contributed by atoms with Gasteiger partial charge in [-0.25, -0.2) is 4.98 Å². The molecule has 0 radical (unpaired) electrons. The summed E-state index contributed by atoms with van der Waals surface area (Å²) < 4.78 is 11.9. The number of epoxide rings is 1. The van der Waals surface area contributed by atoms with Crippen molar-refractivity contribution in [3.05, 3.63) is 23.7 Å². The van der Waals surface area contributed by atoms with E-state index in [4.69, 9.17) is 9.47 Å². The summed E-state index contributed by atoms with van der Waals surface area (Å²) in [6.07, 6.45) is 0.174. The molecule has 1 aromatic heterocycles. The summed E-state index contributed by atoms with van der Waals surface area (Å²) in [5.74, 6) is 0.858. The second kappa shape index (κ2) is 2.93. The van der Waals surface area contributed by atoms with Crippen molar-refractivity contribution >= 4 is 21.6 Å². The second-order valence-corrected chi connectivity index (χ2v) is 4.20. The highest BCUT2D eigenvalue weighted by molar-refractivity contribution is 7.16. The number of fused-ring (bicyclic) bond motifs is 1. The average Bonchev–Trinajstić information content (AvgIpc) is 2.70. The number of benzene rings is 1. The van der Waals surface area contributed by atoms with E-state index in [1.54, 1.807) is 11.3 Å². The van der Waals surface area contributed by atoms with Crippen LogP contribution in [0, 0.1) is 0 Å². The van der Waals surface area contributed by atoms with Gasteiger partial charge in [0.05, 0.1) is 15.7 Å². The van der Waals surface area contributed by atoms with Gasteiger partial charge in [-0.2, -0.15) is 0 Å². The quantitative estimate of drug-likeness (QED) is 0.709. The normalized spacial score (nSPS) is 25.2. The molecule has 0 spiro atoms. The van der Waals surface area contributed by atoms with E-state index in [-0.39, 0.29) is 12.4 Å². The zero-order valence-corrected chi connectivity index (χ0v) is 8.45. The Labute approximate surface area is 85.3 Å². The predicted octanol–water partition coefficient (Wildman–Crippen LogP) is 2.42. The van der Waals surface area contributed by atoms with E-state index in [0.29, 0.717) is 0 Å². The molecule has 2 heterocycles. The van der Waals surface area contributed by atoms with Crippen molar-refractivity contribution in [3.63, 3.8) is 0 Å². The number of ether oxygens (including phenoxy) is 2. The molecule has 2 atom stereocenters. The highest BCUT2D eigenvalue weighted by Crippen LogP contribution is 2.28. The maximum absolute atomic E-state index is 5.57. The Kier molecular flexibility index (Phi) is 1.72. The Morgan fingerprint density at radius 1 is 1.50 bits per heavy atom. The van der Waals surface area contributed by atoms with Gasteiger partial charge in [-0.15, -0.1) is 11.3 Å². The van der Waals surface area contributed by atoms with Crippen molar-refractivity contribution in [1.29, 1.82) is 0 Å². The van der Waals surface area contributed by atoms with Crippen LogP contribution in [0.5, 0.6) is 5.75 Å². The van der Waals surface area contributed by atoms with E-state index >= 15 is 0 Å². The lowest BCUT2D eigenvalue weighted by atomic mass is 10.3. The van der Waals surface area contributed by atoms with Crippen LogP contribution in [0.15, 0.2) is 23.7 Å². The molecule has 72 valence electrons. The maximum atomic E-state index is 5.57. The van der Waals surface area contributed by atoms with Crippen molar-refractivity contribution in [2.75, 3.05) is 0 Å². The standard InChI is InChI=1S/C10H9NO2S/c1-6-10(12-6)13-7-2-3-8-9(4-7)14-5-11-8/h2-6,10H,1H3/t6-,10+/m0/s1. The SMILES string of the molecule is C[C@@H]1O[C@@H]1Oc1ccc2ncsc2c1. The third kappa shape index (κ3) is 1.36. The fraction of sp³-hybridized carbons (Fsp3) is 0.300. The third-order valence-electron chi connectivity index (χ3n) is 2.21. The van der Waals surface area contributed by atoms with Gasteiger partial charge in [-0.3, -0.25) is 0 Å². The first-order chi connectivity index (χ1) is 6.83. The molecule has 0 N–H and O–H groups in total. The summed E-state index contributed by atoms with van der Waals surface area (Å²) in [4.78, 5) is 4.20. The minimum absolute atomic E-state index is 0.0552. The maximum Gasteiger partial charge on any atom is 0.226 e. The van der Waals surface area contributed by atoms with Gasteiger partial charge in [0.2, 0.25) is 6.29 Å². The molecule has 3 rings (SSSR count). The van der Waals surface area contributed by atoms with Gasteiger partial charge < -0.3 is 9.47 Å². The number of nitrogens with zero attached hydrogens (tertiary/aromatic N) is 1. The Morgan fingerprint density at radius 3 is 3.14 bits per heavy atom. The third-order valence-corrected chi connectivity index (χ3v) is 3.00. The second-order valence-electron chi connectivity index (χ2n) is 3.31. The highest BCUT2D eigenvalue weighted by Gasteiger charge is 2.36. The summed E-state index contributed by atoms with van der Waals surface area (Å²) in [6, 6.07) is 5.89. The van der Waals surface area contributed by atoms with Gasteiger partial charge >= 0.3 is 0 Å². The topological polar surface area (TPSA) is 34.6 Å². The predicted molar refractivity (Wildman–Crippen MR) is 54.6 cm³/mol. The minimum Gasteiger partial charge on any atom is -0.462 e. The van der Waals surface area contributed by atoms with Crippen LogP contribution in [0.2, 0.25) is 0 Å². The minimum atomic E-state index is -0.0552. The lowest BCUT2D eigenvalue weighted by Gasteiger charge is -2.01. The van der Waals surface area contributed by atoms with E-state index in [9.17, 15) is 0 Å². The van der Waals surface area contributed by atoms with Crippen LogP contribution in [0.1, 0.15) is 6.92 Å². The van der Waals surface area contributed by atoms with Crippen LogP contribution in [0.3, 0.4) is 0 Å². The zero-order valence-electron chi connectivity index (χ0n) is 7.64. The Balaban J connectivity index is 1.89. The first-order valence-electron chi connectivity index (χ1n) is 4.48. The molecule has 4 heteroatoms. The van der Waals surface area contributed by atoms with Gasteiger partial charge in [0.1, 0.15) is 11.9 Å². The summed E-state index contributed by atoms with van der Waals surface area (Å²) in [5.41, 5.74) is 2.86. The van der Waals surface area contributed by atoms with Crippen LogP contribution in [0.4, 0.5) is 0 Å². The number of rotatable bonds is 2. The van der Waals surface area contributed by atoms with Crippen LogP contribution < -0.4 is 4.74 Å². The van der Waals surface area contributed by atoms with E-state index in [1.807, 2.05) is 30.6 Å². The first kappa shape index (κ1) is 8.20. The molecule has 2 aromatic rings. The Morgan fingerprint density at radius 2 is 2.36 bits per heavy atom. The molecule has 1 aromatic carbocycles. The van der Waals surface area contributed by atoms with Crippen molar-refractivity contribution in [2.45, 2.75) is 19.3 Å². The Bertz CT molecular complexity index is 468. The molecule has 0 saturated carbocycles. The van der Waals surface area contributed by atoms with Crippen LogP contribution in [0.25, 0.3) is 10.2 Å². The number of hydrogen-bond donors (Lipinski definition) is 0. The summed E-state index contributed by atoms with van der Waals surface area (Å²) in [7, 11) is 0.